The third kappa shape index (κ3) is 1.60. The van der Waals surface area contributed by atoms with Crippen LogP contribution in [0.1, 0.15) is 6.92 Å². The molecule has 0 aliphatic heterocycles. The second-order valence-electron chi connectivity index (χ2n) is 4.05. The van der Waals surface area contributed by atoms with E-state index in [0.717, 1.165) is 5.69 Å². The molecule has 0 unspecified atom stereocenters. The minimum atomic E-state index is 1.04. The molecule has 0 heterocycles. The normalized spacial score (nSPS) is 11.6. The molecule has 0 amide bonds. The highest BCUT2D eigenvalue weighted by atomic mass is 14.7. The lowest BCUT2D eigenvalue weighted by atomic mass is 10.0. The van der Waals surface area contributed by atoms with Crippen LogP contribution in [0.3, 0.4) is 0 Å². The number of benzene rings is 3. The van der Waals surface area contributed by atoms with Crippen molar-refractivity contribution >= 4 is 33.4 Å². The predicted molar refractivity (Wildman–Crippen MR) is 75.3 cm³/mol. The van der Waals surface area contributed by atoms with E-state index in [1.54, 1.807) is 0 Å². The van der Waals surface area contributed by atoms with Crippen LogP contribution in [0, 0.1) is 0 Å². The van der Waals surface area contributed by atoms with Crippen molar-refractivity contribution in [2.24, 2.45) is 4.99 Å². The van der Waals surface area contributed by atoms with Crippen LogP contribution in [-0.2, 0) is 0 Å². The van der Waals surface area contributed by atoms with E-state index in [1.807, 2.05) is 13.1 Å². The maximum Gasteiger partial charge on any atom is 0.0710 e. The van der Waals surface area contributed by atoms with Gasteiger partial charge in [-0.2, -0.15) is 0 Å². The Balaban J connectivity index is 2.54. The molecular formula is C16H13N. The summed E-state index contributed by atoms with van der Waals surface area (Å²) in [7, 11) is 0. The zero-order valence-corrected chi connectivity index (χ0v) is 9.72. The predicted octanol–water partition coefficient (Wildman–Crippen LogP) is 4.72. The first-order valence-electron chi connectivity index (χ1n) is 5.79. The summed E-state index contributed by atoms with van der Waals surface area (Å²) in [6.07, 6.45) is 1.84. The van der Waals surface area contributed by atoms with E-state index in [9.17, 15) is 0 Å². The average molecular weight is 219 g/mol. The lowest BCUT2D eigenvalue weighted by Gasteiger charge is -2.06. The van der Waals surface area contributed by atoms with E-state index in [0.29, 0.717) is 0 Å². The maximum atomic E-state index is 4.46. The molecule has 17 heavy (non-hydrogen) atoms. The molecule has 1 nitrogen and oxygen atoms in total. The first-order chi connectivity index (χ1) is 8.40. The molecule has 0 aliphatic carbocycles. The summed E-state index contributed by atoms with van der Waals surface area (Å²) in [5.41, 5.74) is 1.04. The zero-order valence-electron chi connectivity index (χ0n) is 9.72. The lowest BCUT2D eigenvalue weighted by Crippen LogP contribution is -1.78. The highest BCUT2D eigenvalue weighted by Gasteiger charge is 2.03. The Bertz CT molecular complexity index is 711. The van der Waals surface area contributed by atoms with E-state index in [-0.39, 0.29) is 0 Å². The van der Waals surface area contributed by atoms with Crippen molar-refractivity contribution < 1.29 is 0 Å². The van der Waals surface area contributed by atoms with Gasteiger partial charge in [0.05, 0.1) is 5.69 Å². The number of hydrogen-bond donors (Lipinski definition) is 0. The van der Waals surface area contributed by atoms with E-state index < -0.39 is 0 Å². The third-order valence-electron chi connectivity index (χ3n) is 3.01. The van der Waals surface area contributed by atoms with Gasteiger partial charge in [0.25, 0.3) is 0 Å². The summed E-state index contributed by atoms with van der Waals surface area (Å²) >= 11 is 0. The molecule has 0 radical (unpaired) electrons. The highest BCUT2D eigenvalue weighted by Crippen LogP contribution is 2.33. The number of fused-ring (bicyclic) bond motifs is 3. The van der Waals surface area contributed by atoms with Crippen LogP contribution in [-0.4, -0.2) is 6.21 Å². The standard InChI is InChI=1S/C16H13N/c1-2-17-16-11-12-7-3-4-8-13(12)14-9-5-6-10-15(14)16/h2-11H,1H3. The molecule has 0 bridgehead atoms. The van der Waals surface area contributed by atoms with E-state index in [1.165, 1.54) is 21.5 Å². The maximum absolute atomic E-state index is 4.46. The molecule has 0 N–H and O–H groups in total. The smallest absolute Gasteiger partial charge is 0.0710 e. The fourth-order valence-corrected chi connectivity index (χ4v) is 2.28. The van der Waals surface area contributed by atoms with Gasteiger partial charge in [-0.05, 0) is 29.1 Å². The number of aliphatic imine (C=N–C) groups is 1. The van der Waals surface area contributed by atoms with Crippen LogP contribution in [0.15, 0.2) is 59.6 Å². The van der Waals surface area contributed by atoms with Crippen molar-refractivity contribution in [3.63, 3.8) is 0 Å². The van der Waals surface area contributed by atoms with Gasteiger partial charge in [-0.15, -0.1) is 0 Å². The Morgan fingerprint density at radius 3 is 2.24 bits per heavy atom. The first kappa shape index (κ1) is 10.0. The Hall–Kier alpha value is -2.15. The molecule has 0 atom stereocenters. The second kappa shape index (κ2) is 4.02. The van der Waals surface area contributed by atoms with Gasteiger partial charge in [0, 0.05) is 11.6 Å². The number of rotatable bonds is 1. The molecule has 1 heteroatoms. The number of hydrogen-bond acceptors (Lipinski definition) is 1. The van der Waals surface area contributed by atoms with Gasteiger partial charge >= 0.3 is 0 Å². The quantitative estimate of drug-likeness (QED) is 0.415. The minimum absolute atomic E-state index is 1.04. The van der Waals surface area contributed by atoms with Crippen molar-refractivity contribution in [3.05, 3.63) is 54.6 Å². The average Bonchev–Trinajstić information content (AvgIpc) is 2.39. The van der Waals surface area contributed by atoms with Crippen molar-refractivity contribution in [1.29, 1.82) is 0 Å². The first-order valence-corrected chi connectivity index (χ1v) is 5.79. The molecule has 0 saturated heterocycles. The van der Waals surface area contributed by atoms with Gasteiger partial charge < -0.3 is 0 Å². The van der Waals surface area contributed by atoms with Crippen LogP contribution in [0.2, 0.25) is 0 Å². The molecule has 3 aromatic carbocycles. The minimum Gasteiger partial charge on any atom is -0.261 e. The third-order valence-corrected chi connectivity index (χ3v) is 3.01. The van der Waals surface area contributed by atoms with Crippen LogP contribution >= 0.6 is 0 Å². The van der Waals surface area contributed by atoms with Gasteiger partial charge in [-0.3, -0.25) is 4.99 Å². The fourth-order valence-electron chi connectivity index (χ4n) is 2.28. The molecular weight excluding hydrogens is 206 g/mol. The van der Waals surface area contributed by atoms with Crippen molar-refractivity contribution in [2.75, 3.05) is 0 Å². The summed E-state index contributed by atoms with van der Waals surface area (Å²) in [4.78, 5) is 4.46. The highest BCUT2D eigenvalue weighted by molar-refractivity contribution is 6.12. The molecule has 82 valence electrons. The van der Waals surface area contributed by atoms with Crippen molar-refractivity contribution in [3.8, 4) is 0 Å². The van der Waals surface area contributed by atoms with Gasteiger partial charge in [0.15, 0.2) is 0 Å². The van der Waals surface area contributed by atoms with Gasteiger partial charge in [0.1, 0.15) is 0 Å². The molecule has 3 rings (SSSR count). The van der Waals surface area contributed by atoms with Gasteiger partial charge in [-0.25, -0.2) is 0 Å². The second-order valence-corrected chi connectivity index (χ2v) is 4.05. The Kier molecular flexibility index (Phi) is 2.37. The monoisotopic (exact) mass is 219 g/mol. The Morgan fingerprint density at radius 1 is 0.824 bits per heavy atom. The van der Waals surface area contributed by atoms with Crippen LogP contribution in [0.4, 0.5) is 5.69 Å². The Morgan fingerprint density at radius 2 is 1.47 bits per heavy atom. The van der Waals surface area contributed by atoms with E-state index in [4.69, 9.17) is 0 Å². The van der Waals surface area contributed by atoms with Crippen molar-refractivity contribution in [2.45, 2.75) is 6.92 Å². The van der Waals surface area contributed by atoms with Gasteiger partial charge in [0.2, 0.25) is 0 Å². The van der Waals surface area contributed by atoms with Crippen LogP contribution in [0.5, 0.6) is 0 Å². The summed E-state index contributed by atoms with van der Waals surface area (Å²) in [6.45, 7) is 1.95. The van der Waals surface area contributed by atoms with Crippen LogP contribution < -0.4 is 0 Å². The van der Waals surface area contributed by atoms with Gasteiger partial charge in [-0.1, -0.05) is 48.5 Å². The summed E-state index contributed by atoms with van der Waals surface area (Å²) < 4.78 is 0. The van der Waals surface area contributed by atoms with Crippen molar-refractivity contribution in [1.82, 2.24) is 0 Å². The molecule has 0 aromatic heterocycles. The molecule has 0 aliphatic rings. The zero-order chi connectivity index (χ0) is 11.7. The SMILES string of the molecule is CC=Nc1cc2ccccc2c2ccccc12. The molecule has 0 spiro atoms. The molecule has 3 aromatic rings. The largest absolute Gasteiger partial charge is 0.261 e. The topological polar surface area (TPSA) is 12.4 Å². The van der Waals surface area contributed by atoms with Crippen LogP contribution in [0.25, 0.3) is 21.5 Å². The summed E-state index contributed by atoms with van der Waals surface area (Å²) in [6, 6.07) is 19.0. The Labute approximate surface area is 100 Å². The molecule has 0 saturated carbocycles. The summed E-state index contributed by atoms with van der Waals surface area (Å²) in [5.74, 6) is 0. The molecule has 0 fully saturated rings. The van der Waals surface area contributed by atoms with E-state index >= 15 is 0 Å². The fraction of sp³-hybridized carbons (Fsp3) is 0.0625. The number of nitrogens with zero attached hydrogens (tertiary/aromatic N) is 1. The van der Waals surface area contributed by atoms with E-state index in [2.05, 4.69) is 59.6 Å². The lowest BCUT2D eigenvalue weighted by molar-refractivity contribution is 1.59. The summed E-state index contributed by atoms with van der Waals surface area (Å²) in [5, 5.41) is 5.01.